The second kappa shape index (κ2) is 17.0. The lowest BCUT2D eigenvalue weighted by atomic mass is 10.1. The first-order valence-corrected chi connectivity index (χ1v) is 9.32. The molecule has 1 nitrogen and oxygen atoms in total. The molecule has 0 bridgehead atoms. The molecule has 0 saturated carbocycles. The zero-order valence-electron chi connectivity index (χ0n) is 16.4. The molecule has 0 spiro atoms. The molecule has 4 aromatic rings. The molecule has 0 amide bonds. The van der Waals surface area contributed by atoms with Crippen LogP contribution in [0.15, 0.2) is 140 Å². The summed E-state index contributed by atoms with van der Waals surface area (Å²) >= 11 is 0. The maximum atomic E-state index is 10.6. The van der Waals surface area contributed by atoms with Crippen molar-refractivity contribution in [2.45, 2.75) is 13.3 Å². The van der Waals surface area contributed by atoms with Gasteiger partial charge in [0.2, 0.25) is 0 Å². The van der Waals surface area contributed by atoms with E-state index in [4.69, 9.17) is 0 Å². The number of rotatable bonds is 2. The second-order valence-electron chi connectivity index (χ2n) is 5.83. The highest BCUT2D eigenvalue weighted by atomic mass is 16.1. The molecular formula is C27H28O. The van der Waals surface area contributed by atoms with Gasteiger partial charge in [0.1, 0.15) is 5.78 Å². The Morgan fingerprint density at radius 2 is 0.679 bits per heavy atom. The highest BCUT2D eigenvalue weighted by molar-refractivity contribution is 5.78. The van der Waals surface area contributed by atoms with Crippen LogP contribution in [0.2, 0.25) is 0 Å². The minimum Gasteiger partial charge on any atom is -0.300 e. The summed E-state index contributed by atoms with van der Waals surface area (Å²) in [6.45, 7) is 1.60. The van der Waals surface area contributed by atoms with E-state index in [9.17, 15) is 4.79 Å². The summed E-state index contributed by atoms with van der Waals surface area (Å²) in [4.78, 5) is 10.6. The Balaban J connectivity index is 0.000000192. The van der Waals surface area contributed by atoms with Crippen LogP contribution in [0.4, 0.5) is 0 Å². The molecule has 142 valence electrons. The Morgan fingerprint density at radius 1 is 0.464 bits per heavy atom. The average molecular weight is 369 g/mol. The number of hydrogen-bond donors (Lipinski definition) is 0. The maximum Gasteiger partial charge on any atom is 0.134 e. The normalized spacial score (nSPS) is 8.46. The first-order chi connectivity index (χ1) is 13.8. The van der Waals surface area contributed by atoms with Crippen molar-refractivity contribution in [3.63, 3.8) is 0 Å². The molecule has 0 fully saturated rings. The van der Waals surface area contributed by atoms with Gasteiger partial charge in [0.25, 0.3) is 0 Å². The monoisotopic (exact) mass is 368 g/mol. The molecule has 0 aliphatic heterocycles. The lowest BCUT2D eigenvalue weighted by Crippen LogP contribution is -1.94. The number of Topliss-reactive ketones (excluding diaryl/α,β-unsaturated/α-hetero) is 1. The van der Waals surface area contributed by atoms with E-state index in [0.29, 0.717) is 6.42 Å². The predicted molar refractivity (Wildman–Crippen MR) is 120 cm³/mol. The molecule has 0 saturated heterocycles. The fourth-order valence-corrected chi connectivity index (χ4v) is 2.04. The minimum atomic E-state index is 0.214. The first-order valence-electron chi connectivity index (χ1n) is 9.32. The third kappa shape index (κ3) is 14.9. The fraction of sp³-hybridized carbons (Fsp3) is 0.0741. The summed E-state index contributed by atoms with van der Waals surface area (Å²) in [6, 6.07) is 45.8. The van der Waals surface area contributed by atoms with E-state index in [1.165, 1.54) is 0 Å². The lowest BCUT2D eigenvalue weighted by Gasteiger charge is -1.93. The third-order valence-electron chi connectivity index (χ3n) is 3.30. The Morgan fingerprint density at radius 3 is 0.893 bits per heavy atom. The fourth-order valence-electron chi connectivity index (χ4n) is 2.04. The molecule has 0 N–H and O–H groups in total. The zero-order valence-corrected chi connectivity index (χ0v) is 16.4. The molecule has 4 aromatic carbocycles. The van der Waals surface area contributed by atoms with E-state index in [1.807, 2.05) is 140 Å². The van der Waals surface area contributed by atoms with E-state index in [2.05, 4.69) is 0 Å². The molecule has 4 rings (SSSR count). The molecule has 0 aliphatic rings. The van der Waals surface area contributed by atoms with Gasteiger partial charge in [-0.25, -0.2) is 0 Å². The number of hydrogen-bond acceptors (Lipinski definition) is 1. The van der Waals surface area contributed by atoms with Crippen LogP contribution >= 0.6 is 0 Å². The molecule has 0 aromatic heterocycles. The Hall–Kier alpha value is -3.45. The van der Waals surface area contributed by atoms with Crippen LogP contribution in [0.3, 0.4) is 0 Å². The smallest absolute Gasteiger partial charge is 0.134 e. The quantitative estimate of drug-likeness (QED) is 0.377. The van der Waals surface area contributed by atoms with Crippen LogP contribution in [0.1, 0.15) is 12.5 Å². The Kier molecular flexibility index (Phi) is 13.7. The summed E-state index contributed by atoms with van der Waals surface area (Å²) in [5.74, 6) is 0.214. The van der Waals surface area contributed by atoms with Gasteiger partial charge in [-0.2, -0.15) is 0 Å². The van der Waals surface area contributed by atoms with Crippen molar-refractivity contribution in [1.82, 2.24) is 0 Å². The van der Waals surface area contributed by atoms with Crippen LogP contribution in [0.25, 0.3) is 0 Å². The van der Waals surface area contributed by atoms with Crippen molar-refractivity contribution >= 4 is 5.78 Å². The van der Waals surface area contributed by atoms with Crippen molar-refractivity contribution in [1.29, 1.82) is 0 Å². The van der Waals surface area contributed by atoms with Crippen LogP contribution in [-0.2, 0) is 11.2 Å². The standard InChI is InChI=1S/C9H10O.3C6H6/c1-8(10)7-9-5-3-2-4-6-9;3*1-2-4-6-5-3-1/h2-6H,7H2,1H3;3*1-6H. The SMILES string of the molecule is CC(=O)Cc1ccccc1.c1ccccc1.c1ccccc1.c1ccccc1. The lowest BCUT2D eigenvalue weighted by molar-refractivity contribution is -0.116. The third-order valence-corrected chi connectivity index (χ3v) is 3.30. The van der Waals surface area contributed by atoms with Gasteiger partial charge in [0, 0.05) is 6.42 Å². The van der Waals surface area contributed by atoms with Crippen LogP contribution in [-0.4, -0.2) is 5.78 Å². The molecule has 0 radical (unpaired) electrons. The number of benzene rings is 4. The number of ketones is 1. The predicted octanol–water partition coefficient (Wildman–Crippen LogP) is 6.88. The van der Waals surface area contributed by atoms with Gasteiger partial charge < -0.3 is 0 Å². The Labute approximate surface area is 169 Å². The zero-order chi connectivity index (χ0) is 20.1. The van der Waals surface area contributed by atoms with Gasteiger partial charge in [-0.1, -0.05) is 140 Å². The van der Waals surface area contributed by atoms with E-state index in [1.54, 1.807) is 6.92 Å². The van der Waals surface area contributed by atoms with Crippen LogP contribution < -0.4 is 0 Å². The maximum absolute atomic E-state index is 10.6. The van der Waals surface area contributed by atoms with Gasteiger partial charge in [-0.3, -0.25) is 4.79 Å². The molecule has 28 heavy (non-hydrogen) atoms. The van der Waals surface area contributed by atoms with Gasteiger partial charge >= 0.3 is 0 Å². The average Bonchev–Trinajstić information content (AvgIpc) is 2.79. The van der Waals surface area contributed by atoms with Crippen molar-refractivity contribution in [2.24, 2.45) is 0 Å². The summed E-state index contributed by atoms with van der Waals surface area (Å²) in [5, 5.41) is 0. The first kappa shape index (κ1) is 22.6. The molecule has 0 unspecified atom stereocenters. The van der Waals surface area contributed by atoms with Crippen molar-refractivity contribution < 1.29 is 4.79 Å². The summed E-state index contributed by atoms with van der Waals surface area (Å²) in [6.07, 6.45) is 0.556. The highest BCUT2D eigenvalue weighted by Crippen LogP contribution is 1.98. The topological polar surface area (TPSA) is 17.1 Å². The van der Waals surface area contributed by atoms with Crippen molar-refractivity contribution in [2.75, 3.05) is 0 Å². The van der Waals surface area contributed by atoms with Gasteiger partial charge in [0.15, 0.2) is 0 Å². The number of carbonyl (C=O) groups is 1. The molecule has 0 heterocycles. The van der Waals surface area contributed by atoms with E-state index < -0.39 is 0 Å². The van der Waals surface area contributed by atoms with Crippen molar-refractivity contribution in [3.8, 4) is 0 Å². The van der Waals surface area contributed by atoms with Crippen LogP contribution in [0, 0.1) is 0 Å². The minimum absolute atomic E-state index is 0.214. The largest absolute Gasteiger partial charge is 0.300 e. The molecule has 0 atom stereocenters. The number of carbonyl (C=O) groups excluding carboxylic acids is 1. The van der Waals surface area contributed by atoms with E-state index >= 15 is 0 Å². The second-order valence-corrected chi connectivity index (χ2v) is 5.83. The molecule has 1 heteroatoms. The van der Waals surface area contributed by atoms with Crippen molar-refractivity contribution in [3.05, 3.63) is 145 Å². The summed E-state index contributed by atoms with van der Waals surface area (Å²) in [5.41, 5.74) is 1.09. The highest BCUT2D eigenvalue weighted by Gasteiger charge is 1.93. The van der Waals surface area contributed by atoms with Gasteiger partial charge in [-0.05, 0) is 12.5 Å². The van der Waals surface area contributed by atoms with E-state index in [0.717, 1.165) is 5.56 Å². The summed E-state index contributed by atoms with van der Waals surface area (Å²) in [7, 11) is 0. The van der Waals surface area contributed by atoms with Gasteiger partial charge in [0.05, 0.1) is 0 Å². The van der Waals surface area contributed by atoms with E-state index in [-0.39, 0.29) is 5.78 Å². The Bertz CT molecular complexity index is 642. The molecule has 0 aliphatic carbocycles. The van der Waals surface area contributed by atoms with Gasteiger partial charge in [-0.15, -0.1) is 0 Å². The molecular weight excluding hydrogens is 340 g/mol. The summed E-state index contributed by atoms with van der Waals surface area (Å²) < 4.78 is 0. The van der Waals surface area contributed by atoms with Crippen LogP contribution in [0.5, 0.6) is 0 Å².